The first kappa shape index (κ1) is 17.4. The number of nitrogens with one attached hydrogen (secondary N) is 1. The van der Waals surface area contributed by atoms with Gasteiger partial charge in [-0.25, -0.2) is 4.98 Å². The number of amides is 1. The number of thiazole rings is 1. The van der Waals surface area contributed by atoms with Crippen LogP contribution in [0.1, 0.15) is 85.6 Å². The van der Waals surface area contributed by atoms with E-state index in [1.807, 2.05) is 5.38 Å². The Labute approximate surface area is 146 Å². The Morgan fingerprint density at radius 2 is 1.83 bits per heavy atom. The van der Waals surface area contributed by atoms with Gasteiger partial charge in [0.15, 0.2) is 0 Å². The summed E-state index contributed by atoms with van der Waals surface area (Å²) in [7, 11) is 0. The van der Waals surface area contributed by atoms with Crippen LogP contribution in [0.5, 0.6) is 0 Å². The Morgan fingerprint density at radius 3 is 2.58 bits per heavy atom. The number of rotatable bonds is 4. The zero-order chi connectivity index (χ0) is 16.9. The van der Waals surface area contributed by atoms with Crippen LogP contribution >= 0.6 is 11.3 Å². The Bertz CT molecular complexity index is 581. The molecule has 0 spiro atoms. The van der Waals surface area contributed by atoms with Gasteiger partial charge in [-0.2, -0.15) is 0 Å². The Hall–Kier alpha value is -1.43. The fraction of sp³-hybridized carbons (Fsp3) is 0.722. The number of carboxylic acid groups (broad SMARTS) is 1. The van der Waals surface area contributed by atoms with Crippen molar-refractivity contribution in [1.29, 1.82) is 0 Å². The summed E-state index contributed by atoms with van der Waals surface area (Å²) in [6.45, 7) is 0. The third-order valence-electron chi connectivity index (χ3n) is 5.36. The van der Waals surface area contributed by atoms with Crippen molar-refractivity contribution < 1.29 is 14.7 Å². The first-order valence-corrected chi connectivity index (χ1v) is 10.0. The number of aliphatic carboxylic acids is 1. The number of nitrogens with zero attached hydrogens (tertiary/aromatic N) is 1. The van der Waals surface area contributed by atoms with E-state index in [9.17, 15) is 9.59 Å². The molecule has 1 amide bonds. The number of hydrogen-bond donors (Lipinski definition) is 2. The minimum Gasteiger partial charge on any atom is -0.481 e. The number of aromatic nitrogens is 1. The quantitative estimate of drug-likeness (QED) is 0.806. The summed E-state index contributed by atoms with van der Waals surface area (Å²) < 4.78 is 0. The minimum atomic E-state index is -0.710. The number of carbonyl (C=O) groups is 2. The molecule has 0 aromatic carbocycles. The average Bonchev–Trinajstić information content (AvgIpc) is 2.97. The van der Waals surface area contributed by atoms with Crippen LogP contribution in [-0.4, -0.2) is 28.0 Å². The largest absolute Gasteiger partial charge is 0.481 e. The molecule has 24 heavy (non-hydrogen) atoms. The van der Waals surface area contributed by atoms with E-state index in [0.29, 0.717) is 24.5 Å². The van der Waals surface area contributed by atoms with Crippen LogP contribution in [0.3, 0.4) is 0 Å². The van der Waals surface area contributed by atoms with Gasteiger partial charge in [-0.3, -0.25) is 9.59 Å². The highest BCUT2D eigenvalue weighted by atomic mass is 32.1. The Balaban J connectivity index is 1.55. The van der Waals surface area contributed by atoms with Crippen molar-refractivity contribution in [2.24, 2.45) is 5.92 Å². The van der Waals surface area contributed by atoms with Gasteiger partial charge in [0, 0.05) is 17.3 Å². The van der Waals surface area contributed by atoms with Crippen molar-refractivity contribution in [2.45, 2.75) is 76.2 Å². The SMILES string of the molecule is O=C(NC1CCCC(C(=O)O)CC1)c1csc(C2CCCCC2)n1. The highest BCUT2D eigenvalue weighted by Crippen LogP contribution is 2.34. The van der Waals surface area contributed by atoms with Gasteiger partial charge in [-0.1, -0.05) is 25.7 Å². The van der Waals surface area contributed by atoms with Crippen molar-refractivity contribution in [1.82, 2.24) is 10.3 Å². The van der Waals surface area contributed by atoms with Crippen molar-refractivity contribution in [3.63, 3.8) is 0 Å². The molecule has 2 aliphatic rings. The van der Waals surface area contributed by atoms with E-state index in [1.165, 1.54) is 32.1 Å². The van der Waals surface area contributed by atoms with Gasteiger partial charge in [-0.15, -0.1) is 11.3 Å². The van der Waals surface area contributed by atoms with Gasteiger partial charge < -0.3 is 10.4 Å². The van der Waals surface area contributed by atoms with Crippen molar-refractivity contribution in [2.75, 3.05) is 0 Å². The molecule has 132 valence electrons. The third kappa shape index (κ3) is 4.35. The van der Waals surface area contributed by atoms with E-state index >= 15 is 0 Å². The average molecular weight is 350 g/mol. The number of carbonyl (C=O) groups excluding carboxylic acids is 1. The smallest absolute Gasteiger partial charge is 0.306 e. The summed E-state index contributed by atoms with van der Waals surface area (Å²) in [5, 5.41) is 15.2. The second kappa shape index (κ2) is 8.10. The van der Waals surface area contributed by atoms with E-state index < -0.39 is 5.97 Å². The van der Waals surface area contributed by atoms with Crippen LogP contribution in [-0.2, 0) is 4.79 Å². The molecule has 1 aromatic heterocycles. The van der Waals surface area contributed by atoms with Crippen LogP contribution in [0.15, 0.2) is 5.38 Å². The molecule has 2 saturated carbocycles. The zero-order valence-electron chi connectivity index (χ0n) is 14.0. The summed E-state index contributed by atoms with van der Waals surface area (Å²) >= 11 is 1.61. The van der Waals surface area contributed by atoms with Gasteiger partial charge in [0.1, 0.15) is 5.69 Å². The molecule has 3 rings (SSSR count). The van der Waals surface area contributed by atoms with Crippen molar-refractivity contribution >= 4 is 23.2 Å². The molecule has 2 unspecified atom stereocenters. The Morgan fingerprint density at radius 1 is 1.04 bits per heavy atom. The third-order valence-corrected chi connectivity index (χ3v) is 6.37. The topological polar surface area (TPSA) is 79.3 Å². The lowest BCUT2D eigenvalue weighted by Gasteiger charge is -2.19. The summed E-state index contributed by atoms with van der Waals surface area (Å²) in [5.41, 5.74) is 0.527. The maximum absolute atomic E-state index is 12.5. The maximum Gasteiger partial charge on any atom is 0.306 e. The van der Waals surface area contributed by atoms with Gasteiger partial charge in [0.05, 0.1) is 10.9 Å². The summed E-state index contributed by atoms with van der Waals surface area (Å²) in [4.78, 5) is 28.1. The highest BCUT2D eigenvalue weighted by Gasteiger charge is 2.26. The van der Waals surface area contributed by atoms with Crippen LogP contribution in [0.2, 0.25) is 0 Å². The monoisotopic (exact) mass is 350 g/mol. The van der Waals surface area contributed by atoms with Gasteiger partial charge >= 0.3 is 5.97 Å². The predicted octanol–water partition coefficient (Wildman–Crippen LogP) is 3.95. The molecular formula is C18H26N2O3S. The molecule has 2 N–H and O–H groups in total. The summed E-state index contributed by atoms with van der Waals surface area (Å²) in [6, 6.07) is 0.0710. The van der Waals surface area contributed by atoms with Crippen LogP contribution in [0, 0.1) is 5.92 Å². The van der Waals surface area contributed by atoms with Gasteiger partial charge in [-0.05, 0) is 38.5 Å². The second-order valence-electron chi connectivity index (χ2n) is 7.12. The number of hydrogen-bond acceptors (Lipinski definition) is 4. The lowest BCUT2D eigenvalue weighted by Crippen LogP contribution is -2.34. The maximum atomic E-state index is 12.5. The van der Waals surface area contributed by atoms with Crippen LogP contribution in [0.25, 0.3) is 0 Å². The molecule has 0 radical (unpaired) electrons. The molecule has 5 nitrogen and oxygen atoms in total. The molecular weight excluding hydrogens is 324 g/mol. The highest BCUT2D eigenvalue weighted by molar-refractivity contribution is 7.09. The fourth-order valence-corrected chi connectivity index (χ4v) is 4.85. The van der Waals surface area contributed by atoms with E-state index in [2.05, 4.69) is 10.3 Å². The molecule has 0 bridgehead atoms. The first-order chi connectivity index (χ1) is 11.6. The number of carboxylic acids is 1. The second-order valence-corrected chi connectivity index (χ2v) is 8.01. The molecule has 2 atom stereocenters. The van der Waals surface area contributed by atoms with E-state index in [1.54, 1.807) is 11.3 Å². The van der Waals surface area contributed by atoms with Crippen LogP contribution in [0.4, 0.5) is 0 Å². The molecule has 0 aliphatic heterocycles. The molecule has 6 heteroatoms. The van der Waals surface area contributed by atoms with Gasteiger partial charge in [0.25, 0.3) is 5.91 Å². The fourth-order valence-electron chi connectivity index (χ4n) is 3.88. The molecule has 2 fully saturated rings. The molecule has 2 aliphatic carbocycles. The Kier molecular flexibility index (Phi) is 5.87. The molecule has 0 saturated heterocycles. The van der Waals surface area contributed by atoms with E-state index in [4.69, 9.17) is 5.11 Å². The first-order valence-electron chi connectivity index (χ1n) is 9.12. The zero-order valence-corrected chi connectivity index (χ0v) is 14.8. The van der Waals surface area contributed by atoms with Crippen molar-refractivity contribution in [3.8, 4) is 0 Å². The van der Waals surface area contributed by atoms with Crippen molar-refractivity contribution in [3.05, 3.63) is 16.1 Å². The van der Waals surface area contributed by atoms with E-state index in [-0.39, 0.29) is 17.9 Å². The molecule has 1 heterocycles. The molecule has 1 aromatic rings. The summed E-state index contributed by atoms with van der Waals surface area (Å²) in [6.07, 6.45) is 10.0. The van der Waals surface area contributed by atoms with E-state index in [0.717, 1.165) is 24.3 Å². The minimum absolute atomic E-state index is 0.0710. The lowest BCUT2D eigenvalue weighted by molar-refractivity contribution is -0.142. The standard InChI is InChI=1S/C18H26N2O3S/c21-16(19-14-8-4-7-13(9-10-14)18(22)23)15-11-24-17(20-15)12-5-2-1-3-6-12/h11-14H,1-10H2,(H,19,21)(H,22,23). The van der Waals surface area contributed by atoms with Crippen LogP contribution < -0.4 is 5.32 Å². The van der Waals surface area contributed by atoms with Gasteiger partial charge in [0.2, 0.25) is 0 Å². The summed E-state index contributed by atoms with van der Waals surface area (Å²) in [5.74, 6) is -0.547. The lowest BCUT2D eigenvalue weighted by atomic mass is 9.90. The normalized spacial score (nSPS) is 25.8. The predicted molar refractivity (Wildman–Crippen MR) is 93.4 cm³/mol.